The summed E-state index contributed by atoms with van der Waals surface area (Å²) in [5.41, 5.74) is 3.52. The van der Waals surface area contributed by atoms with E-state index in [9.17, 15) is 0 Å². The fraction of sp³-hybridized carbons (Fsp3) is 0.375. The second kappa shape index (κ2) is 8.70. The maximum atomic E-state index is 6.02. The van der Waals surface area contributed by atoms with Crippen molar-refractivity contribution in [2.75, 3.05) is 26.8 Å². The molecule has 0 unspecified atom stereocenters. The van der Waals surface area contributed by atoms with E-state index >= 15 is 0 Å². The molecule has 1 aliphatic heterocycles. The first-order valence-corrected chi connectivity index (χ1v) is 10.3. The molecule has 5 heteroatoms. The van der Waals surface area contributed by atoms with Crippen LogP contribution in [0.15, 0.2) is 64.0 Å². The third-order valence-electron chi connectivity index (χ3n) is 6.01. The molecule has 0 amide bonds. The average molecular weight is 392 g/mol. The van der Waals surface area contributed by atoms with Crippen molar-refractivity contribution in [3.05, 3.63) is 71.5 Å². The first-order chi connectivity index (χ1) is 14.2. The number of hydrogen-bond acceptors (Lipinski definition) is 3. The summed E-state index contributed by atoms with van der Waals surface area (Å²) in [5.74, 6) is 1.73. The highest BCUT2D eigenvalue weighted by atomic mass is 16.5. The Labute approximate surface area is 172 Å². The summed E-state index contributed by atoms with van der Waals surface area (Å²) in [7, 11) is 1.81. The molecule has 0 saturated carbocycles. The van der Waals surface area contributed by atoms with Gasteiger partial charge in [-0.2, -0.15) is 0 Å². The lowest BCUT2D eigenvalue weighted by Crippen LogP contribution is -2.47. The third kappa shape index (κ3) is 4.15. The number of aryl methyl sites for hydroxylation is 1. The minimum Gasteiger partial charge on any atom is -0.459 e. The molecule has 2 heterocycles. The smallest absolute Gasteiger partial charge is 0.191 e. The molecule has 0 radical (unpaired) electrons. The molecule has 3 aromatic rings. The van der Waals surface area contributed by atoms with Crippen molar-refractivity contribution in [2.45, 2.75) is 31.7 Å². The van der Waals surface area contributed by atoms with Gasteiger partial charge in [-0.3, -0.25) is 4.99 Å². The molecule has 2 N–H and O–H groups in total. The fourth-order valence-electron chi connectivity index (χ4n) is 4.15. The molecule has 0 bridgehead atoms. The number of guanidine groups is 1. The van der Waals surface area contributed by atoms with Crippen LogP contribution in [0.25, 0.3) is 11.0 Å². The molecular formula is C24H29N3O2. The molecule has 1 saturated heterocycles. The van der Waals surface area contributed by atoms with Gasteiger partial charge in [0.1, 0.15) is 11.3 Å². The van der Waals surface area contributed by atoms with E-state index in [4.69, 9.17) is 9.15 Å². The Morgan fingerprint density at radius 2 is 1.72 bits per heavy atom. The maximum Gasteiger partial charge on any atom is 0.191 e. The number of para-hydroxylation sites is 1. The van der Waals surface area contributed by atoms with Gasteiger partial charge < -0.3 is 19.8 Å². The van der Waals surface area contributed by atoms with Crippen LogP contribution >= 0.6 is 0 Å². The van der Waals surface area contributed by atoms with Gasteiger partial charge in [-0.25, -0.2) is 0 Å². The third-order valence-corrected chi connectivity index (χ3v) is 6.01. The summed E-state index contributed by atoms with van der Waals surface area (Å²) < 4.78 is 11.7. The molecule has 0 aliphatic carbocycles. The van der Waals surface area contributed by atoms with E-state index in [1.54, 1.807) is 7.05 Å². The van der Waals surface area contributed by atoms with Crippen LogP contribution in [0.4, 0.5) is 0 Å². The Hall–Kier alpha value is -2.79. The van der Waals surface area contributed by atoms with E-state index in [1.807, 2.05) is 18.2 Å². The molecule has 2 aromatic carbocycles. The van der Waals surface area contributed by atoms with Crippen molar-refractivity contribution >= 4 is 16.9 Å². The topological polar surface area (TPSA) is 58.8 Å². The number of ether oxygens (including phenoxy) is 1. The number of benzene rings is 2. The quantitative estimate of drug-likeness (QED) is 0.507. The van der Waals surface area contributed by atoms with Crippen molar-refractivity contribution in [1.29, 1.82) is 0 Å². The average Bonchev–Trinajstić information content (AvgIpc) is 3.11. The monoisotopic (exact) mass is 391 g/mol. The zero-order valence-corrected chi connectivity index (χ0v) is 17.2. The van der Waals surface area contributed by atoms with Gasteiger partial charge >= 0.3 is 0 Å². The summed E-state index contributed by atoms with van der Waals surface area (Å²) in [6, 6.07) is 18.9. The molecule has 0 atom stereocenters. The lowest BCUT2D eigenvalue weighted by Gasteiger charge is -2.38. The van der Waals surface area contributed by atoms with Crippen molar-refractivity contribution in [3.8, 4) is 0 Å². The summed E-state index contributed by atoms with van der Waals surface area (Å²) in [4.78, 5) is 4.42. The summed E-state index contributed by atoms with van der Waals surface area (Å²) in [6.07, 6.45) is 2.01. The van der Waals surface area contributed by atoms with Crippen molar-refractivity contribution in [3.63, 3.8) is 0 Å². The van der Waals surface area contributed by atoms with Gasteiger partial charge in [0.2, 0.25) is 0 Å². The van der Waals surface area contributed by atoms with Crippen LogP contribution in [0.2, 0.25) is 0 Å². The first-order valence-electron chi connectivity index (χ1n) is 10.3. The Bertz CT molecular complexity index is 972. The van der Waals surface area contributed by atoms with Crippen LogP contribution in [-0.2, 0) is 16.7 Å². The highest BCUT2D eigenvalue weighted by Gasteiger charge is 2.34. The molecular weight excluding hydrogens is 362 g/mol. The van der Waals surface area contributed by atoms with E-state index in [-0.39, 0.29) is 5.41 Å². The lowest BCUT2D eigenvalue weighted by molar-refractivity contribution is 0.0514. The Morgan fingerprint density at radius 1 is 1.00 bits per heavy atom. The summed E-state index contributed by atoms with van der Waals surface area (Å²) in [6.45, 7) is 5.10. The second-order valence-corrected chi connectivity index (χ2v) is 7.68. The highest BCUT2D eigenvalue weighted by molar-refractivity contribution is 5.83. The maximum absolute atomic E-state index is 6.02. The molecule has 1 fully saturated rings. The summed E-state index contributed by atoms with van der Waals surface area (Å²) >= 11 is 0. The van der Waals surface area contributed by atoms with E-state index in [2.05, 4.69) is 58.9 Å². The molecule has 1 aromatic heterocycles. The second-order valence-electron chi connectivity index (χ2n) is 7.68. The SMILES string of the molecule is CN=C(NCc1oc2ccccc2c1C)NCC1(c2ccccc2)CCOCC1. The van der Waals surface area contributed by atoms with Crippen LogP contribution in [0.1, 0.15) is 29.7 Å². The van der Waals surface area contributed by atoms with Crippen LogP contribution in [0, 0.1) is 6.92 Å². The number of nitrogens with one attached hydrogen (secondary N) is 2. The van der Waals surface area contributed by atoms with E-state index in [0.29, 0.717) is 6.54 Å². The number of hydrogen-bond donors (Lipinski definition) is 2. The number of rotatable bonds is 5. The van der Waals surface area contributed by atoms with Gasteiger partial charge in [0.25, 0.3) is 0 Å². The first kappa shape index (κ1) is 19.5. The molecule has 4 rings (SSSR count). The fourth-order valence-corrected chi connectivity index (χ4v) is 4.15. The van der Waals surface area contributed by atoms with E-state index in [1.165, 1.54) is 11.1 Å². The number of fused-ring (bicyclic) bond motifs is 1. The number of furan rings is 1. The zero-order chi connectivity index (χ0) is 20.1. The molecule has 5 nitrogen and oxygen atoms in total. The molecule has 152 valence electrons. The van der Waals surface area contributed by atoms with Crippen LogP contribution in [-0.4, -0.2) is 32.8 Å². The van der Waals surface area contributed by atoms with Crippen LogP contribution in [0.3, 0.4) is 0 Å². The predicted molar refractivity (Wildman–Crippen MR) is 117 cm³/mol. The highest BCUT2D eigenvalue weighted by Crippen LogP contribution is 2.34. The van der Waals surface area contributed by atoms with Crippen LogP contribution in [0.5, 0.6) is 0 Å². The van der Waals surface area contributed by atoms with Crippen molar-refractivity contribution < 1.29 is 9.15 Å². The van der Waals surface area contributed by atoms with Gasteiger partial charge in [0.15, 0.2) is 5.96 Å². The normalized spacial score (nSPS) is 16.7. The largest absolute Gasteiger partial charge is 0.459 e. The van der Waals surface area contributed by atoms with Crippen molar-refractivity contribution in [2.24, 2.45) is 4.99 Å². The zero-order valence-electron chi connectivity index (χ0n) is 17.2. The minimum absolute atomic E-state index is 0.0619. The Morgan fingerprint density at radius 3 is 2.45 bits per heavy atom. The lowest BCUT2D eigenvalue weighted by atomic mass is 9.74. The van der Waals surface area contributed by atoms with Crippen LogP contribution < -0.4 is 10.6 Å². The van der Waals surface area contributed by atoms with Gasteiger partial charge in [-0.1, -0.05) is 48.5 Å². The number of aliphatic imine (C=N–C) groups is 1. The Kier molecular flexibility index (Phi) is 5.86. The van der Waals surface area contributed by atoms with Gasteiger partial charge in [0.05, 0.1) is 6.54 Å². The van der Waals surface area contributed by atoms with Gasteiger partial charge in [-0.05, 0) is 31.4 Å². The summed E-state index contributed by atoms with van der Waals surface area (Å²) in [5, 5.41) is 8.12. The van der Waals surface area contributed by atoms with E-state index < -0.39 is 0 Å². The van der Waals surface area contributed by atoms with Gasteiger partial charge in [0, 0.05) is 43.2 Å². The Balaban J connectivity index is 1.43. The van der Waals surface area contributed by atoms with E-state index in [0.717, 1.165) is 55.3 Å². The number of nitrogens with zero attached hydrogens (tertiary/aromatic N) is 1. The molecule has 0 spiro atoms. The predicted octanol–water partition coefficient (Wildman–Crippen LogP) is 4.15. The van der Waals surface area contributed by atoms with Gasteiger partial charge in [-0.15, -0.1) is 0 Å². The minimum atomic E-state index is 0.0619. The standard InChI is InChI=1S/C24H29N3O2/c1-18-20-10-6-7-11-21(20)29-22(18)16-26-23(25-2)27-17-24(12-14-28-15-13-24)19-8-4-3-5-9-19/h3-11H,12-17H2,1-2H3,(H2,25,26,27). The van der Waals surface area contributed by atoms with Crippen molar-refractivity contribution in [1.82, 2.24) is 10.6 Å². The molecule has 29 heavy (non-hydrogen) atoms. The molecule has 1 aliphatic rings.